The van der Waals surface area contributed by atoms with E-state index in [-0.39, 0.29) is 5.41 Å². The second kappa shape index (κ2) is 9.25. The Morgan fingerprint density at radius 1 is 0.564 bits per heavy atom. The van der Waals surface area contributed by atoms with E-state index in [0.717, 1.165) is 0 Å². The third kappa shape index (κ3) is 4.07. The summed E-state index contributed by atoms with van der Waals surface area (Å²) in [4.78, 5) is 7.15. The van der Waals surface area contributed by atoms with E-state index in [2.05, 4.69) is 135 Å². The summed E-state index contributed by atoms with van der Waals surface area (Å²) >= 11 is 1.85. The Labute approximate surface area is 233 Å². The summed E-state index contributed by atoms with van der Waals surface area (Å²) in [7, 11) is 0. The minimum absolute atomic E-state index is 0.137. The van der Waals surface area contributed by atoms with E-state index in [4.69, 9.17) is 0 Å². The molecule has 0 aliphatic heterocycles. The lowest BCUT2D eigenvalue weighted by atomic mass is 9.87. The number of nitrogens with zero attached hydrogens (tertiary/aromatic N) is 1. The average molecular weight is 520 g/mol. The highest BCUT2D eigenvalue weighted by Gasteiger charge is 2.19. The SMILES string of the molecule is CC(C)(C)c1ccc(Sc2c3ccccc3c(-c3cc4ccccc4c4ccccc34)c3cnccc23)cc1. The van der Waals surface area contributed by atoms with E-state index < -0.39 is 0 Å². The summed E-state index contributed by atoms with van der Waals surface area (Å²) in [5.74, 6) is 0. The molecule has 0 aliphatic rings. The van der Waals surface area contributed by atoms with Crippen LogP contribution in [0.15, 0.2) is 131 Å². The summed E-state index contributed by atoms with van der Waals surface area (Å²) in [5.41, 5.74) is 4.00. The van der Waals surface area contributed by atoms with Crippen LogP contribution in [0, 0.1) is 0 Å². The minimum atomic E-state index is 0.137. The van der Waals surface area contributed by atoms with E-state index in [1.165, 1.54) is 69.6 Å². The Balaban J connectivity index is 1.53. The Bertz CT molecular complexity index is 1960. The number of rotatable bonds is 3. The fourth-order valence-electron chi connectivity index (χ4n) is 5.78. The molecule has 0 spiro atoms. The van der Waals surface area contributed by atoms with Crippen LogP contribution in [0.5, 0.6) is 0 Å². The number of hydrogen-bond donors (Lipinski definition) is 0. The maximum absolute atomic E-state index is 4.63. The Hall–Kier alpha value is -4.14. The molecule has 1 aromatic heterocycles. The van der Waals surface area contributed by atoms with E-state index in [0.29, 0.717) is 0 Å². The molecule has 1 heterocycles. The van der Waals surface area contributed by atoms with Crippen molar-refractivity contribution < 1.29 is 0 Å². The second-order valence-corrected chi connectivity index (χ2v) is 12.3. The lowest BCUT2D eigenvalue weighted by Crippen LogP contribution is -2.10. The van der Waals surface area contributed by atoms with Gasteiger partial charge in [-0.25, -0.2) is 0 Å². The Morgan fingerprint density at radius 2 is 1.18 bits per heavy atom. The predicted octanol–water partition coefficient (Wildman–Crippen LogP) is 10.8. The molecule has 0 saturated heterocycles. The highest BCUT2D eigenvalue weighted by Crippen LogP contribution is 2.47. The van der Waals surface area contributed by atoms with E-state index in [9.17, 15) is 0 Å². The van der Waals surface area contributed by atoms with Crippen molar-refractivity contribution in [3.05, 3.63) is 127 Å². The third-order valence-electron chi connectivity index (χ3n) is 7.75. The van der Waals surface area contributed by atoms with Crippen molar-refractivity contribution in [2.45, 2.75) is 36.0 Å². The third-order valence-corrected chi connectivity index (χ3v) is 8.91. The molecule has 39 heavy (non-hydrogen) atoms. The molecule has 0 saturated carbocycles. The first-order chi connectivity index (χ1) is 19.0. The average Bonchev–Trinajstić information content (AvgIpc) is 2.97. The zero-order valence-electron chi connectivity index (χ0n) is 22.4. The van der Waals surface area contributed by atoms with Crippen molar-refractivity contribution in [2.75, 3.05) is 0 Å². The molecule has 0 radical (unpaired) electrons. The van der Waals surface area contributed by atoms with Gasteiger partial charge in [-0.2, -0.15) is 0 Å². The van der Waals surface area contributed by atoms with Crippen molar-refractivity contribution >= 4 is 54.9 Å². The summed E-state index contributed by atoms with van der Waals surface area (Å²) in [6.07, 6.45) is 3.97. The van der Waals surface area contributed by atoms with Gasteiger partial charge in [0.1, 0.15) is 0 Å². The highest BCUT2D eigenvalue weighted by atomic mass is 32.2. The first-order valence-electron chi connectivity index (χ1n) is 13.5. The van der Waals surface area contributed by atoms with Gasteiger partial charge in [0.15, 0.2) is 0 Å². The predicted molar refractivity (Wildman–Crippen MR) is 169 cm³/mol. The quantitative estimate of drug-likeness (QED) is 0.170. The molecule has 0 N–H and O–H groups in total. The van der Waals surface area contributed by atoms with Crippen molar-refractivity contribution in [1.29, 1.82) is 0 Å². The van der Waals surface area contributed by atoms with Gasteiger partial charge in [0.25, 0.3) is 0 Å². The van der Waals surface area contributed by atoms with Crippen LogP contribution < -0.4 is 0 Å². The summed E-state index contributed by atoms with van der Waals surface area (Å²) in [6.45, 7) is 6.79. The number of pyridine rings is 1. The van der Waals surface area contributed by atoms with Crippen LogP contribution in [-0.2, 0) is 5.41 Å². The molecule has 0 fully saturated rings. The molecule has 0 atom stereocenters. The van der Waals surface area contributed by atoms with Crippen LogP contribution in [0.3, 0.4) is 0 Å². The van der Waals surface area contributed by atoms with Crippen LogP contribution in [0.25, 0.3) is 54.2 Å². The topological polar surface area (TPSA) is 12.9 Å². The van der Waals surface area contributed by atoms with Gasteiger partial charge in [0.05, 0.1) is 0 Å². The van der Waals surface area contributed by atoms with Gasteiger partial charge in [0.2, 0.25) is 0 Å². The monoisotopic (exact) mass is 519 g/mol. The van der Waals surface area contributed by atoms with Crippen LogP contribution >= 0.6 is 11.8 Å². The van der Waals surface area contributed by atoms with Crippen molar-refractivity contribution in [2.24, 2.45) is 0 Å². The second-order valence-electron chi connectivity index (χ2n) is 11.2. The van der Waals surface area contributed by atoms with Crippen LogP contribution in [0.2, 0.25) is 0 Å². The molecule has 188 valence electrons. The van der Waals surface area contributed by atoms with Crippen LogP contribution in [0.1, 0.15) is 26.3 Å². The van der Waals surface area contributed by atoms with Gasteiger partial charge in [0, 0.05) is 27.6 Å². The lowest BCUT2D eigenvalue weighted by molar-refractivity contribution is 0.590. The van der Waals surface area contributed by atoms with Gasteiger partial charge in [-0.05, 0) is 84.1 Å². The van der Waals surface area contributed by atoms with Gasteiger partial charge in [-0.3, -0.25) is 4.98 Å². The van der Waals surface area contributed by atoms with Gasteiger partial charge >= 0.3 is 0 Å². The number of hydrogen-bond acceptors (Lipinski definition) is 2. The molecule has 0 aliphatic carbocycles. The Morgan fingerprint density at radius 3 is 1.92 bits per heavy atom. The molecule has 1 nitrogen and oxygen atoms in total. The maximum Gasteiger partial charge on any atom is 0.0353 e. The normalized spacial score (nSPS) is 12.1. The van der Waals surface area contributed by atoms with Gasteiger partial charge in [-0.1, -0.05) is 117 Å². The standard InChI is InChI=1S/C37H29NS/c1-37(2,3)25-16-18-26(19-17-25)39-36-31-15-9-8-14-30(31)35(34-23-38-21-20-32(34)36)33-22-24-10-4-5-11-27(24)28-12-6-7-13-29(28)33/h4-23H,1-3H3. The fourth-order valence-corrected chi connectivity index (χ4v) is 6.87. The lowest BCUT2D eigenvalue weighted by Gasteiger charge is -2.20. The Kier molecular flexibility index (Phi) is 5.68. The molecular formula is C37H29NS. The number of fused-ring (bicyclic) bond motifs is 5. The zero-order valence-corrected chi connectivity index (χ0v) is 23.2. The zero-order chi connectivity index (χ0) is 26.6. The van der Waals surface area contributed by atoms with Crippen molar-refractivity contribution in [3.8, 4) is 11.1 Å². The molecule has 2 heteroatoms. The highest BCUT2D eigenvalue weighted by molar-refractivity contribution is 7.99. The molecular weight excluding hydrogens is 490 g/mol. The van der Waals surface area contributed by atoms with Gasteiger partial charge < -0.3 is 0 Å². The first kappa shape index (κ1) is 23.9. The van der Waals surface area contributed by atoms with Crippen LogP contribution in [0.4, 0.5) is 0 Å². The minimum Gasteiger partial charge on any atom is -0.264 e. The molecule has 0 bridgehead atoms. The molecule has 0 amide bonds. The van der Waals surface area contributed by atoms with Gasteiger partial charge in [-0.15, -0.1) is 0 Å². The smallest absolute Gasteiger partial charge is 0.0353 e. The maximum atomic E-state index is 4.63. The largest absolute Gasteiger partial charge is 0.264 e. The fraction of sp³-hybridized carbons (Fsp3) is 0.108. The van der Waals surface area contributed by atoms with E-state index in [1.54, 1.807) is 0 Å². The van der Waals surface area contributed by atoms with Crippen LogP contribution in [-0.4, -0.2) is 4.98 Å². The molecule has 7 aromatic rings. The summed E-state index contributed by atoms with van der Waals surface area (Å²) in [6, 6.07) is 40.0. The number of aromatic nitrogens is 1. The first-order valence-corrected chi connectivity index (χ1v) is 14.3. The summed E-state index contributed by atoms with van der Waals surface area (Å²) in [5, 5.41) is 10.0. The van der Waals surface area contributed by atoms with E-state index >= 15 is 0 Å². The molecule has 0 unspecified atom stereocenters. The molecule has 6 aromatic carbocycles. The van der Waals surface area contributed by atoms with Crippen molar-refractivity contribution in [3.63, 3.8) is 0 Å². The molecule has 7 rings (SSSR count). The summed E-state index contributed by atoms with van der Waals surface area (Å²) < 4.78 is 0. The van der Waals surface area contributed by atoms with E-state index in [1.807, 2.05) is 24.2 Å². The van der Waals surface area contributed by atoms with Crippen molar-refractivity contribution in [1.82, 2.24) is 4.98 Å². The number of benzene rings is 6.